The monoisotopic (exact) mass is 458 g/mol. The van der Waals surface area contributed by atoms with E-state index >= 15 is 0 Å². The lowest BCUT2D eigenvalue weighted by Crippen LogP contribution is -2.35. The second kappa shape index (κ2) is 8.87. The summed E-state index contributed by atoms with van der Waals surface area (Å²) in [7, 11) is 0. The summed E-state index contributed by atoms with van der Waals surface area (Å²) in [6.07, 6.45) is 4.49. The minimum Gasteiger partial charge on any atom is -0.354 e. The van der Waals surface area contributed by atoms with Crippen LogP contribution in [-0.2, 0) is 17.8 Å². The van der Waals surface area contributed by atoms with Crippen LogP contribution in [0.5, 0.6) is 0 Å². The number of fused-ring (bicyclic) bond motifs is 1. The van der Waals surface area contributed by atoms with Crippen LogP contribution in [-0.4, -0.2) is 36.6 Å². The van der Waals surface area contributed by atoms with Crippen molar-refractivity contribution < 1.29 is 4.79 Å². The number of thiophene rings is 1. The first-order chi connectivity index (χ1) is 16.1. The second-order valence-electron chi connectivity index (χ2n) is 7.61. The SMILES string of the molecule is Cc1nn(CC(=O)NCCc2cccs2)c(=O)c2c(-n3cccc3)n(-c3ccccc3)nc12. The van der Waals surface area contributed by atoms with Gasteiger partial charge in [0.05, 0.1) is 11.4 Å². The smallest absolute Gasteiger partial charge is 0.280 e. The van der Waals surface area contributed by atoms with Gasteiger partial charge >= 0.3 is 0 Å². The molecule has 166 valence electrons. The second-order valence-corrected chi connectivity index (χ2v) is 8.64. The van der Waals surface area contributed by atoms with E-state index in [1.165, 1.54) is 9.56 Å². The Morgan fingerprint density at radius 2 is 1.82 bits per heavy atom. The van der Waals surface area contributed by atoms with Gasteiger partial charge in [0.2, 0.25) is 5.91 Å². The Kier molecular flexibility index (Phi) is 5.62. The maximum atomic E-state index is 13.5. The molecule has 1 amide bonds. The summed E-state index contributed by atoms with van der Waals surface area (Å²) in [6, 6.07) is 17.4. The van der Waals surface area contributed by atoms with Crippen LogP contribution < -0.4 is 10.9 Å². The van der Waals surface area contributed by atoms with Crippen molar-refractivity contribution in [1.82, 2.24) is 29.4 Å². The van der Waals surface area contributed by atoms with Gasteiger partial charge in [0, 0.05) is 23.8 Å². The first-order valence-corrected chi connectivity index (χ1v) is 11.5. The molecule has 0 fully saturated rings. The van der Waals surface area contributed by atoms with Crippen LogP contribution in [0.25, 0.3) is 22.4 Å². The Morgan fingerprint density at radius 1 is 1.03 bits per heavy atom. The van der Waals surface area contributed by atoms with Crippen molar-refractivity contribution >= 4 is 28.1 Å². The van der Waals surface area contributed by atoms with Gasteiger partial charge in [-0.15, -0.1) is 11.3 Å². The number of para-hydroxylation sites is 1. The Morgan fingerprint density at radius 3 is 2.55 bits per heavy atom. The molecule has 0 spiro atoms. The summed E-state index contributed by atoms with van der Waals surface area (Å²) in [5.41, 5.74) is 1.57. The number of carbonyl (C=O) groups is 1. The van der Waals surface area contributed by atoms with Crippen LogP contribution in [0.3, 0.4) is 0 Å². The lowest BCUT2D eigenvalue weighted by Gasteiger charge is -2.09. The zero-order valence-electron chi connectivity index (χ0n) is 18.0. The van der Waals surface area contributed by atoms with Gasteiger partial charge in [0.1, 0.15) is 17.4 Å². The third-order valence-corrected chi connectivity index (χ3v) is 6.28. The van der Waals surface area contributed by atoms with Gasteiger partial charge in [-0.05, 0) is 49.1 Å². The van der Waals surface area contributed by atoms with Crippen LogP contribution in [0.15, 0.2) is 77.2 Å². The molecule has 0 unspecified atom stereocenters. The molecule has 0 radical (unpaired) electrons. The molecule has 0 saturated carbocycles. The average molecular weight is 459 g/mol. The standard InChI is InChI=1S/C24H22N6O2S/c1-17-22-21(23(28-13-5-6-14-28)30(27-22)18-8-3-2-4-9-18)24(32)29(26-17)16-20(31)25-12-11-19-10-7-15-33-19/h2-10,13-15H,11-12,16H2,1H3,(H,25,31). The molecule has 1 aromatic carbocycles. The molecular weight excluding hydrogens is 436 g/mol. The molecule has 0 atom stereocenters. The molecular formula is C24H22N6O2S. The molecule has 0 aliphatic rings. The fourth-order valence-electron chi connectivity index (χ4n) is 3.80. The zero-order valence-corrected chi connectivity index (χ0v) is 18.8. The molecule has 0 bridgehead atoms. The van der Waals surface area contributed by atoms with E-state index in [9.17, 15) is 9.59 Å². The molecule has 4 heterocycles. The highest BCUT2D eigenvalue weighted by Gasteiger charge is 2.22. The summed E-state index contributed by atoms with van der Waals surface area (Å²) in [5, 5.41) is 14.4. The fourth-order valence-corrected chi connectivity index (χ4v) is 4.51. The average Bonchev–Trinajstić information content (AvgIpc) is 3.58. The summed E-state index contributed by atoms with van der Waals surface area (Å²) < 4.78 is 4.82. The Labute approximate surface area is 193 Å². The number of aryl methyl sites for hydroxylation is 1. The molecule has 9 heteroatoms. The van der Waals surface area contributed by atoms with Gasteiger partial charge in [-0.2, -0.15) is 10.2 Å². The number of nitrogens with one attached hydrogen (secondary N) is 1. The van der Waals surface area contributed by atoms with Gasteiger partial charge in [-0.3, -0.25) is 9.59 Å². The topological polar surface area (TPSA) is 86.7 Å². The van der Waals surface area contributed by atoms with Crippen LogP contribution in [0.4, 0.5) is 0 Å². The number of hydrogen-bond donors (Lipinski definition) is 1. The van der Waals surface area contributed by atoms with Crippen LogP contribution in [0.2, 0.25) is 0 Å². The maximum absolute atomic E-state index is 13.5. The molecule has 5 rings (SSSR count). The zero-order chi connectivity index (χ0) is 22.8. The maximum Gasteiger partial charge on any atom is 0.280 e. The van der Waals surface area contributed by atoms with Gasteiger partial charge in [-0.25, -0.2) is 9.36 Å². The minimum absolute atomic E-state index is 0.151. The number of hydrogen-bond acceptors (Lipinski definition) is 5. The van der Waals surface area contributed by atoms with E-state index in [4.69, 9.17) is 5.10 Å². The molecule has 5 aromatic rings. The molecule has 33 heavy (non-hydrogen) atoms. The van der Waals surface area contributed by atoms with Gasteiger partial charge < -0.3 is 9.88 Å². The Hall–Kier alpha value is -3.98. The summed E-state index contributed by atoms with van der Waals surface area (Å²) in [4.78, 5) is 27.2. The van der Waals surface area contributed by atoms with Gasteiger partial charge in [0.15, 0.2) is 5.82 Å². The normalized spacial score (nSPS) is 11.2. The molecule has 0 aliphatic heterocycles. The predicted molar refractivity (Wildman–Crippen MR) is 128 cm³/mol. The Balaban J connectivity index is 1.53. The first kappa shape index (κ1) is 20.9. The van der Waals surface area contributed by atoms with Crippen LogP contribution in [0.1, 0.15) is 10.6 Å². The largest absolute Gasteiger partial charge is 0.354 e. The summed E-state index contributed by atoms with van der Waals surface area (Å²) >= 11 is 1.65. The molecule has 4 aromatic heterocycles. The van der Waals surface area contributed by atoms with Crippen molar-refractivity contribution in [3.8, 4) is 11.5 Å². The lowest BCUT2D eigenvalue weighted by molar-refractivity contribution is -0.121. The number of carbonyl (C=O) groups excluding carboxylic acids is 1. The first-order valence-electron chi connectivity index (χ1n) is 10.6. The van der Waals surface area contributed by atoms with Crippen LogP contribution >= 0.6 is 11.3 Å². The van der Waals surface area contributed by atoms with E-state index in [0.29, 0.717) is 29.0 Å². The Bertz CT molecular complexity index is 1450. The molecule has 0 saturated heterocycles. The van der Waals surface area contributed by atoms with Crippen molar-refractivity contribution in [3.05, 3.63) is 93.3 Å². The van der Waals surface area contributed by atoms with Crippen molar-refractivity contribution in [2.24, 2.45) is 0 Å². The van der Waals surface area contributed by atoms with E-state index in [-0.39, 0.29) is 18.0 Å². The van der Waals surface area contributed by atoms with Crippen molar-refractivity contribution in [1.29, 1.82) is 0 Å². The van der Waals surface area contributed by atoms with Gasteiger partial charge in [-0.1, -0.05) is 24.3 Å². The highest BCUT2D eigenvalue weighted by atomic mass is 32.1. The summed E-state index contributed by atoms with van der Waals surface area (Å²) in [5.74, 6) is 0.362. The lowest BCUT2D eigenvalue weighted by atomic mass is 10.2. The predicted octanol–water partition coefficient (Wildman–Crippen LogP) is 3.10. The highest BCUT2D eigenvalue weighted by Crippen LogP contribution is 2.24. The third-order valence-electron chi connectivity index (χ3n) is 5.34. The van der Waals surface area contributed by atoms with E-state index in [1.807, 2.05) is 76.9 Å². The number of nitrogens with zero attached hydrogens (tertiary/aromatic N) is 5. The van der Waals surface area contributed by atoms with E-state index in [1.54, 1.807) is 22.9 Å². The molecule has 1 N–H and O–H groups in total. The van der Waals surface area contributed by atoms with Gasteiger partial charge in [0.25, 0.3) is 5.56 Å². The number of aromatic nitrogens is 5. The quantitative estimate of drug-likeness (QED) is 0.406. The van der Waals surface area contributed by atoms with E-state index in [0.717, 1.165) is 12.1 Å². The van der Waals surface area contributed by atoms with E-state index < -0.39 is 0 Å². The molecule has 0 aliphatic carbocycles. The van der Waals surface area contributed by atoms with Crippen molar-refractivity contribution in [2.45, 2.75) is 19.9 Å². The number of rotatable bonds is 7. The molecule has 8 nitrogen and oxygen atoms in total. The van der Waals surface area contributed by atoms with Crippen molar-refractivity contribution in [3.63, 3.8) is 0 Å². The highest BCUT2D eigenvalue weighted by molar-refractivity contribution is 7.09. The third kappa shape index (κ3) is 4.10. The number of benzene rings is 1. The number of amides is 1. The van der Waals surface area contributed by atoms with Crippen LogP contribution in [0, 0.1) is 6.92 Å². The van der Waals surface area contributed by atoms with E-state index in [2.05, 4.69) is 10.4 Å². The fraction of sp³-hybridized carbons (Fsp3) is 0.167. The van der Waals surface area contributed by atoms with Crippen molar-refractivity contribution in [2.75, 3.05) is 6.54 Å². The minimum atomic E-state index is -0.352. The summed E-state index contributed by atoms with van der Waals surface area (Å²) in [6.45, 7) is 2.16.